The Labute approximate surface area is 101 Å². The second kappa shape index (κ2) is 6.00. The molecule has 1 unspecified atom stereocenters. The van der Waals surface area contributed by atoms with Crippen LogP contribution in [0.15, 0.2) is 23.1 Å². The van der Waals surface area contributed by atoms with Crippen LogP contribution in [0.3, 0.4) is 0 Å². The summed E-state index contributed by atoms with van der Waals surface area (Å²) in [4.78, 5) is 11.7. The molecule has 0 saturated carbocycles. The molecule has 6 heteroatoms. The number of halogens is 1. The van der Waals surface area contributed by atoms with E-state index in [1.165, 1.54) is 18.2 Å². The minimum absolute atomic E-state index is 0.131. The highest BCUT2D eigenvalue weighted by Crippen LogP contribution is 2.13. The van der Waals surface area contributed by atoms with Crippen molar-refractivity contribution in [1.82, 2.24) is 5.32 Å². The van der Waals surface area contributed by atoms with Crippen LogP contribution < -0.4 is 5.32 Å². The van der Waals surface area contributed by atoms with Crippen LogP contribution in [-0.4, -0.2) is 28.7 Å². The molecule has 0 bridgehead atoms. The number of benzene rings is 1. The highest BCUT2D eigenvalue weighted by molar-refractivity contribution is 7.84. The fourth-order valence-electron chi connectivity index (χ4n) is 1.06. The van der Waals surface area contributed by atoms with Crippen LogP contribution in [0.4, 0.5) is 4.39 Å². The van der Waals surface area contributed by atoms with E-state index in [-0.39, 0.29) is 10.8 Å². The summed E-state index contributed by atoms with van der Waals surface area (Å²) in [6.45, 7) is 0.335. The van der Waals surface area contributed by atoms with Gasteiger partial charge in [0.1, 0.15) is 5.82 Å². The van der Waals surface area contributed by atoms with Gasteiger partial charge in [-0.2, -0.15) is 0 Å². The van der Waals surface area contributed by atoms with Crippen molar-refractivity contribution in [2.24, 2.45) is 0 Å². The lowest BCUT2D eigenvalue weighted by atomic mass is 10.2. The van der Waals surface area contributed by atoms with Crippen LogP contribution in [-0.2, 0) is 10.8 Å². The molecule has 0 aromatic heterocycles. The number of hydrogen-bond donors (Lipinski definition) is 2. The SMILES string of the molecule is CS(=O)CCNC(=O)c1ccc(F)c(S)c1. The summed E-state index contributed by atoms with van der Waals surface area (Å²) in [5, 5.41) is 2.59. The minimum atomic E-state index is -0.936. The molecule has 0 heterocycles. The van der Waals surface area contributed by atoms with Gasteiger partial charge in [-0.15, -0.1) is 12.6 Å². The molecule has 0 aliphatic rings. The molecule has 0 aliphatic carbocycles. The van der Waals surface area contributed by atoms with Crippen molar-refractivity contribution in [3.8, 4) is 0 Å². The number of carbonyl (C=O) groups excluding carboxylic acids is 1. The molecule has 0 radical (unpaired) electrons. The Balaban J connectivity index is 2.59. The van der Waals surface area contributed by atoms with Gasteiger partial charge in [0.05, 0.1) is 0 Å². The molecule has 1 amide bonds. The Morgan fingerprint density at radius 2 is 2.25 bits per heavy atom. The first kappa shape index (κ1) is 13.2. The summed E-state index contributed by atoms with van der Waals surface area (Å²) >= 11 is 3.88. The van der Waals surface area contributed by atoms with Gasteiger partial charge in [-0.25, -0.2) is 4.39 Å². The molecule has 0 fully saturated rings. The van der Waals surface area contributed by atoms with Crippen molar-refractivity contribution < 1.29 is 13.4 Å². The molecule has 0 aliphatic heterocycles. The van der Waals surface area contributed by atoms with Crippen molar-refractivity contribution >= 4 is 29.3 Å². The zero-order chi connectivity index (χ0) is 12.1. The Morgan fingerprint density at radius 1 is 1.56 bits per heavy atom. The predicted octanol–water partition coefficient (Wildman–Crippen LogP) is 1.22. The summed E-state index contributed by atoms with van der Waals surface area (Å²) in [7, 11) is -0.936. The Kier molecular flexibility index (Phi) is 4.95. The van der Waals surface area contributed by atoms with E-state index in [1.807, 2.05) is 0 Å². The van der Waals surface area contributed by atoms with Gasteiger partial charge in [-0.05, 0) is 18.2 Å². The van der Waals surface area contributed by atoms with Gasteiger partial charge in [-0.3, -0.25) is 9.00 Å². The highest BCUT2D eigenvalue weighted by Gasteiger charge is 2.07. The standard InChI is InChI=1S/C10H12FNO2S2/c1-16(14)5-4-12-10(13)7-2-3-8(11)9(15)6-7/h2-3,6,15H,4-5H2,1H3,(H,12,13). The lowest BCUT2D eigenvalue weighted by Crippen LogP contribution is -2.27. The molecule has 0 spiro atoms. The van der Waals surface area contributed by atoms with Crippen molar-refractivity contribution in [3.63, 3.8) is 0 Å². The third-order valence-corrected chi connectivity index (χ3v) is 3.01. The highest BCUT2D eigenvalue weighted by atomic mass is 32.2. The van der Waals surface area contributed by atoms with Crippen LogP contribution >= 0.6 is 12.6 Å². The largest absolute Gasteiger partial charge is 0.351 e. The zero-order valence-corrected chi connectivity index (χ0v) is 10.4. The number of amides is 1. The van der Waals surface area contributed by atoms with Gasteiger partial charge >= 0.3 is 0 Å². The summed E-state index contributed by atoms with van der Waals surface area (Å²) < 4.78 is 23.6. The number of nitrogens with one attached hydrogen (secondary N) is 1. The fraction of sp³-hybridized carbons (Fsp3) is 0.300. The summed E-state index contributed by atoms with van der Waals surface area (Å²) in [6, 6.07) is 3.93. The monoisotopic (exact) mass is 261 g/mol. The van der Waals surface area contributed by atoms with E-state index in [9.17, 15) is 13.4 Å². The summed E-state index contributed by atoms with van der Waals surface area (Å²) in [5.41, 5.74) is 0.341. The van der Waals surface area contributed by atoms with Crippen LogP contribution in [0.5, 0.6) is 0 Å². The van der Waals surface area contributed by atoms with Gasteiger partial charge in [0, 0.05) is 39.8 Å². The van der Waals surface area contributed by atoms with E-state index in [0.29, 0.717) is 17.9 Å². The van der Waals surface area contributed by atoms with E-state index in [0.717, 1.165) is 0 Å². The number of thiol groups is 1. The molecule has 3 nitrogen and oxygen atoms in total. The van der Waals surface area contributed by atoms with Crippen LogP contribution in [0.1, 0.15) is 10.4 Å². The smallest absolute Gasteiger partial charge is 0.251 e. The van der Waals surface area contributed by atoms with Gasteiger partial charge in [0.15, 0.2) is 0 Å². The Hall–Kier alpha value is -0.880. The second-order valence-electron chi connectivity index (χ2n) is 3.20. The molecule has 1 aromatic rings. The van der Waals surface area contributed by atoms with Gasteiger partial charge in [0.2, 0.25) is 0 Å². The zero-order valence-electron chi connectivity index (χ0n) is 8.70. The van der Waals surface area contributed by atoms with Crippen molar-refractivity contribution in [1.29, 1.82) is 0 Å². The van der Waals surface area contributed by atoms with E-state index >= 15 is 0 Å². The first-order chi connectivity index (χ1) is 7.50. The van der Waals surface area contributed by atoms with E-state index in [2.05, 4.69) is 17.9 Å². The Bertz CT molecular complexity index is 423. The number of carbonyl (C=O) groups is 1. The van der Waals surface area contributed by atoms with Gasteiger partial charge < -0.3 is 5.32 Å². The minimum Gasteiger partial charge on any atom is -0.351 e. The molecule has 0 saturated heterocycles. The molecule has 1 atom stereocenters. The Morgan fingerprint density at radius 3 is 2.81 bits per heavy atom. The third kappa shape index (κ3) is 3.94. The molecular formula is C10H12FNO2S2. The maximum Gasteiger partial charge on any atom is 0.251 e. The lowest BCUT2D eigenvalue weighted by Gasteiger charge is -2.04. The molecule has 88 valence electrons. The van der Waals surface area contributed by atoms with Gasteiger partial charge in [-0.1, -0.05) is 0 Å². The van der Waals surface area contributed by atoms with E-state index in [4.69, 9.17) is 0 Å². The average Bonchev–Trinajstić information content (AvgIpc) is 2.21. The molecule has 1 aromatic carbocycles. The van der Waals surface area contributed by atoms with E-state index in [1.54, 1.807) is 6.26 Å². The predicted molar refractivity (Wildman–Crippen MR) is 64.9 cm³/mol. The van der Waals surface area contributed by atoms with Crippen LogP contribution in [0.2, 0.25) is 0 Å². The van der Waals surface area contributed by atoms with E-state index < -0.39 is 16.6 Å². The quantitative estimate of drug-likeness (QED) is 0.801. The fourth-order valence-corrected chi connectivity index (χ4v) is 1.67. The molecule has 1 rings (SSSR count). The number of hydrogen-bond acceptors (Lipinski definition) is 3. The summed E-state index contributed by atoms with van der Waals surface area (Å²) in [6.07, 6.45) is 1.57. The van der Waals surface area contributed by atoms with Crippen molar-refractivity contribution in [2.45, 2.75) is 4.90 Å². The molecule has 16 heavy (non-hydrogen) atoms. The lowest BCUT2D eigenvalue weighted by molar-refractivity contribution is 0.0956. The first-order valence-electron chi connectivity index (χ1n) is 4.57. The topological polar surface area (TPSA) is 46.2 Å². The normalized spacial score (nSPS) is 12.2. The average molecular weight is 261 g/mol. The molecule has 1 N–H and O–H groups in total. The maximum atomic E-state index is 12.9. The van der Waals surface area contributed by atoms with Crippen LogP contribution in [0, 0.1) is 5.82 Å². The third-order valence-electron chi connectivity index (χ3n) is 1.88. The molecular weight excluding hydrogens is 249 g/mol. The van der Waals surface area contributed by atoms with Gasteiger partial charge in [0.25, 0.3) is 5.91 Å². The maximum absolute atomic E-state index is 12.9. The first-order valence-corrected chi connectivity index (χ1v) is 6.75. The number of rotatable bonds is 4. The summed E-state index contributed by atoms with van der Waals surface area (Å²) in [5.74, 6) is -0.379. The van der Waals surface area contributed by atoms with Crippen LogP contribution in [0.25, 0.3) is 0 Å². The second-order valence-corrected chi connectivity index (χ2v) is 5.24. The van der Waals surface area contributed by atoms with Crippen molar-refractivity contribution in [3.05, 3.63) is 29.6 Å². The van der Waals surface area contributed by atoms with Crippen molar-refractivity contribution in [2.75, 3.05) is 18.6 Å².